The highest BCUT2D eigenvalue weighted by molar-refractivity contribution is 9.10. The summed E-state index contributed by atoms with van der Waals surface area (Å²) in [5, 5.41) is 0. The van der Waals surface area contributed by atoms with Crippen molar-refractivity contribution in [2.45, 2.75) is 36.1 Å². The van der Waals surface area contributed by atoms with Crippen LogP contribution in [0, 0.1) is 0 Å². The first kappa shape index (κ1) is 23.4. The van der Waals surface area contributed by atoms with Crippen LogP contribution < -0.4 is 0 Å². The fraction of sp³-hybridized carbons (Fsp3) is 0.429. The Morgan fingerprint density at radius 2 is 1.63 bits per heavy atom. The average Bonchev–Trinajstić information content (AvgIpc) is 2.93. The predicted molar refractivity (Wildman–Crippen MR) is 122 cm³/mol. The van der Waals surface area contributed by atoms with Crippen molar-refractivity contribution in [3.8, 4) is 0 Å². The Morgan fingerprint density at radius 1 is 0.933 bits per heavy atom. The van der Waals surface area contributed by atoms with Crippen molar-refractivity contribution in [1.82, 2.24) is 9.21 Å². The van der Waals surface area contributed by atoms with E-state index in [2.05, 4.69) is 20.8 Å². The molecule has 0 saturated carbocycles. The van der Waals surface area contributed by atoms with Gasteiger partial charge in [-0.15, -0.1) is 0 Å². The smallest absolute Gasteiger partial charge is 0.243 e. The van der Waals surface area contributed by atoms with Crippen molar-refractivity contribution in [2.24, 2.45) is 0 Å². The molecule has 6 nitrogen and oxygen atoms in total. The molecule has 0 bridgehead atoms. The first-order valence-electron chi connectivity index (χ1n) is 9.91. The maximum absolute atomic E-state index is 13.3. The molecule has 0 N–H and O–H groups in total. The van der Waals surface area contributed by atoms with Crippen LogP contribution in [0.5, 0.6) is 0 Å². The second-order valence-electron chi connectivity index (χ2n) is 7.56. The van der Waals surface area contributed by atoms with Crippen molar-refractivity contribution >= 4 is 35.8 Å². The number of rotatable bonds is 6. The number of sulfone groups is 1. The Bertz CT molecular complexity index is 1100. The molecule has 0 atom stereocenters. The molecule has 0 aliphatic carbocycles. The Kier molecular flexibility index (Phi) is 7.40. The van der Waals surface area contributed by atoms with Crippen LogP contribution in [-0.4, -0.2) is 58.5 Å². The van der Waals surface area contributed by atoms with Gasteiger partial charge in [-0.25, -0.2) is 16.8 Å². The summed E-state index contributed by atoms with van der Waals surface area (Å²) in [5.74, 6) is 0. The molecule has 3 rings (SSSR count). The molecule has 2 aromatic rings. The molecule has 0 aromatic heterocycles. The summed E-state index contributed by atoms with van der Waals surface area (Å²) in [6, 6.07) is 12.2. The molecule has 1 aliphatic rings. The third-order valence-electron chi connectivity index (χ3n) is 5.33. The van der Waals surface area contributed by atoms with Gasteiger partial charge in [0.1, 0.15) is 0 Å². The van der Waals surface area contributed by atoms with Crippen LogP contribution in [-0.2, 0) is 32.8 Å². The highest BCUT2D eigenvalue weighted by Gasteiger charge is 2.28. The minimum Gasteiger partial charge on any atom is -0.298 e. The van der Waals surface area contributed by atoms with E-state index < -0.39 is 19.9 Å². The summed E-state index contributed by atoms with van der Waals surface area (Å²) >= 11 is 3.42. The second-order valence-corrected chi connectivity index (χ2v) is 12.4. The number of benzene rings is 2. The van der Waals surface area contributed by atoms with Gasteiger partial charge in [-0.05, 0) is 60.8 Å². The van der Waals surface area contributed by atoms with Crippen molar-refractivity contribution in [1.29, 1.82) is 0 Å². The normalized spacial score (nSPS) is 17.0. The molecular weight excluding hydrogens is 488 g/mol. The minimum atomic E-state index is -3.54. The lowest BCUT2D eigenvalue weighted by atomic mass is 10.2. The molecule has 2 aromatic carbocycles. The van der Waals surface area contributed by atoms with Gasteiger partial charge in [-0.2, -0.15) is 4.31 Å². The molecular formula is C21H27BrN2O4S2. The molecule has 1 heterocycles. The third-order valence-corrected chi connectivity index (χ3v) is 8.95. The van der Waals surface area contributed by atoms with E-state index in [1.165, 1.54) is 6.26 Å². The molecule has 0 spiro atoms. The van der Waals surface area contributed by atoms with Gasteiger partial charge in [0.15, 0.2) is 9.84 Å². The predicted octanol–water partition coefficient (Wildman–Crippen LogP) is 3.31. The Hall–Kier alpha value is -1.26. The van der Waals surface area contributed by atoms with Gasteiger partial charge < -0.3 is 0 Å². The number of hydrogen-bond acceptors (Lipinski definition) is 5. The molecule has 30 heavy (non-hydrogen) atoms. The summed E-state index contributed by atoms with van der Waals surface area (Å²) in [6.45, 7) is 4.97. The van der Waals surface area contributed by atoms with Crippen molar-refractivity contribution in [2.75, 3.05) is 32.4 Å². The average molecular weight is 515 g/mol. The van der Waals surface area contributed by atoms with E-state index in [0.29, 0.717) is 42.4 Å². The fourth-order valence-corrected chi connectivity index (χ4v) is 6.44. The number of aryl methyl sites for hydroxylation is 1. The van der Waals surface area contributed by atoms with Gasteiger partial charge in [0.25, 0.3) is 0 Å². The van der Waals surface area contributed by atoms with E-state index in [1.54, 1.807) is 28.6 Å². The van der Waals surface area contributed by atoms with Crippen LogP contribution in [0.3, 0.4) is 0 Å². The van der Waals surface area contributed by atoms with E-state index in [-0.39, 0.29) is 0 Å². The maximum atomic E-state index is 13.3. The molecule has 0 radical (unpaired) electrons. The van der Waals surface area contributed by atoms with E-state index in [9.17, 15) is 16.8 Å². The van der Waals surface area contributed by atoms with E-state index in [4.69, 9.17) is 0 Å². The fourth-order valence-electron chi connectivity index (χ4n) is 3.66. The van der Waals surface area contributed by atoms with Crippen LogP contribution in [0.4, 0.5) is 0 Å². The first-order valence-corrected chi connectivity index (χ1v) is 14.0. The van der Waals surface area contributed by atoms with Crippen LogP contribution in [0.15, 0.2) is 56.7 Å². The molecule has 1 aliphatic heterocycles. The van der Waals surface area contributed by atoms with Gasteiger partial charge in [0, 0.05) is 36.9 Å². The second kappa shape index (κ2) is 9.48. The van der Waals surface area contributed by atoms with Gasteiger partial charge in [-0.3, -0.25) is 4.90 Å². The largest absolute Gasteiger partial charge is 0.298 e. The lowest BCUT2D eigenvalue weighted by Gasteiger charge is -2.23. The van der Waals surface area contributed by atoms with E-state index in [1.807, 2.05) is 25.1 Å². The topological polar surface area (TPSA) is 74.8 Å². The molecule has 164 valence electrons. The zero-order chi connectivity index (χ0) is 21.9. The van der Waals surface area contributed by atoms with Crippen LogP contribution in [0.2, 0.25) is 0 Å². The third kappa shape index (κ3) is 5.50. The lowest BCUT2D eigenvalue weighted by molar-refractivity contribution is 0.278. The standard InChI is InChI=1S/C21H27BrN2O4S2/c1-3-18-15-19(22)7-10-21(18)30(27,28)24-12-4-11-23(13-14-24)16-17-5-8-20(9-6-17)29(2,25)26/h5-10,15H,3-4,11-14,16H2,1-2H3. The SMILES string of the molecule is CCc1cc(Br)ccc1S(=O)(=O)N1CCCN(Cc2ccc(S(C)(=O)=O)cc2)CC1. The van der Waals surface area contributed by atoms with Gasteiger partial charge in [-0.1, -0.05) is 35.0 Å². The number of nitrogens with zero attached hydrogens (tertiary/aromatic N) is 2. The zero-order valence-corrected chi connectivity index (χ0v) is 20.4. The van der Waals surface area contributed by atoms with Crippen LogP contribution in [0.1, 0.15) is 24.5 Å². The Morgan fingerprint density at radius 3 is 2.27 bits per heavy atom. The maximum Gasteiger partial charge on any atom is 0.243 e. The summed E-state index contributed by atoms with van der Waals surface area (Å²) in [7, 11) is -6.75. The van der Waals surface area contributed by atoms with Gasteiger partial charge >= 0.3 is 0 Å². The van der Waals surface area contributed by atoms with Gasteiger partial charge in [0.2, 0.25) is 10.0 Å². The zero-order valence-electron chi connectivity index (χ0n) is 17.2. The van der Waals surface area contributed by atoms with Crippen molar-refractivity contribution < 1.29 is 16.8 Å². The summed E-state index contributed by atoms with van der Waals surface area (Å²) in [6.07, 6.45) is 2.59. The number of halogens is 1. The molecule has 1 saturated heterocycles. The molecule has 1 fully saturated rings. The lowest BCUT2D eigenvalue weighted by Crippen LogP contribution is -2.35. The summed E-state index contributed by atoms with van der Waals surface area (Å²) in [4.78, 5) is 2.91. The molecule has 0 unspecified atom stereocenters. The van der Waals surface area contributed by atoms with Crippen LogP contribution in [0.25, 0.3) is 0 Å². The van der Waals surface area contributed by atoms with E-state index in [0.717, 1.165) is 28.6 Å². The summed E-state index contributed by atoms with van der Waals surface area (Å²) < 4.78 is 52.2. The Balaban J connectivity index is 1.70. The molecule has 9 heteroatoms. The summed E-state index contributed by atoms with van der Waals surface area (Å²) in [5.41, 5.74) is 1.83. The van der Waals surface area contributed by atoms with Crippen molar-refractivity contribution in [3.63, 3.8) is 0 Å². The quantitative estimate of drug-likeness (QED) is 0.590. The molecule has 0 amide bonds. The number of sulfonamides is 1. The highest BCUT2D eigenvalue weighted by Crippen LogP contribution is 2.25. The van der Waals surface area contributed by atoms with E-state index >= 15 is 0 Å². The monoisotopic (exact) mass is 514 g/mol. The van der Waals surface area contributed by atoms with Gasteiger partial charge in [0.05, 0.1) is 9.79 Å². The van der Waals surface area contributed by atoms with Crippen LogP contribution >= 0.6 is 15.9 Å². The number of hydrogen-bond donors (Lipinski definition) is 0. The minimum absolute atomic E-state index is 0.306. The Labute approximate surface area is 188 Å². The first-order chi connectivity index (χ1) is 14.1. The van der Waals surface area contributed by atoms with Crippen molar-refractivity contribution in [3.05, 3.63) is 58.1 Å². The highest BCUT2D eigenvalue weighted by atomic mass is 79.9.